The van der Waals surface area contributed by atoms with Crippen molar-refractivity contribution in [3.63, 3.8) is 0 Å². The van der Waals surface area contributed by atoms with Crippen molar-refractivity contribution >= 4 is 23.7 Å². The van der Waals surface area contributed by atoms with E-state index in [9.17, 15) is 24.3 Å². The molecule has 1 aliphatic carbocycles. The van der Waals surface area contributed by atoms with Gasteiger partial charge in [0.1, 0.15) is 17.7 Å². The molecule has 11 heteroatoms. The second-order valence-corrected chi connectivity index (χ2v) is 14.5. The molecule has 5 rings (SSSR count). The van der Waals surface area contributed by atoms with Crippen LogP contribution in [0.1, 0.15) is 95.1 Å². The minimum Gasteiger partial charge on any atom is -0.455 e. The molecule has 280 valence electrons. The fraction of sp³-hybridized carbons (Fsp3) is 0.650. The average molecular weight is 708 g/mol. The molecule has 3 heterocycles. The van der Waals surface area contributed by atoms with Crippen molar-refractivity contribution in [2.24, 2.45) is 11.8 Å². The molecule has 4 fully saturated rings. The number of unbranched alkanes of at least 4 members (excludes halogenated alkanes) is 3. The highest BCUT2D eigenvalue weighted by atomic mass is 16.6. The number of aliphatic hydroxyl groups is 1. The van der Waals surface area contributed by atoms with E-state index in [0.29, 0.717) is 50.8 Å². The summed E-state index contributed by atoms with van der Waals surface area (Å²) in [6.45, 7) is 8.59. The summed E-state index contributed by atoms with van der Waals surface area (Å²) in [7, 11) is 1.52. The predicted octanol–water partition coefficient (Wildman–Crippen LogP) is 4.64. The zero-order valence-corrected chi connectivity index (χ0v) is 30.2. The van der Waals surface area contributed by atoms with Crippen LogP contribution in [0, 0.1) is 11.8 Å². The molecule has 3 saturated heterocycles. The van der Waals surface area contributed by atoms with Gasteiger partial charge in [-0.25, -0.2) is 0 Å². The summed E-state index contributed by atoms with van der Waals surface area (Å²) < 4.78 is 18.6. The van der Waals surface area contributed by atoms with Crippen LogP contribution in [0.3, 0.4) is 0 Å². The Morgan fingerprint density at radius 1 is 1.08 bits per heavy atom. The van der Waals surface area contributed by atoms with Crippen molar-refractivity contribution in [3.8, 4) is 0 Å². The van der Waals surface area contributed by atoms with E-state index in [4.69, 9.17) is 14.2 Å². The van der Waals surface area contributed by atoms with E-state index in [2.05, 4.69) is 18.5 Å². The summed E-state index contributed by atoms with van der Waals surface area (Å²) in [5.41, 5.74) is -0.465. The van der Waals surface area contributed by atoms with Crippen LogP contribution in [0.2, 0.25) is 0 Å². The number of ether oxygens (including phenoxy) is 3. The van der Waals surface area contributed by atoms with E-state index in [-0.39, 0.29) is 43.4 Å². The fourth-order valence-electron chi connectivity index (χ4n) is 8.92. The van der Waals surface area contributed by atoms with Crippen molar-refractivity contribution in [3.05, 3.63) is 61.2 Å². The second-order valence-electron chi connectivity index (χ2n) is 14.5. The number of carbonyl (C=O) groups is 4. The highest BCUT2D eigenvalue weighted by Crippen LogP contribution is 2.59. The lowest BCUT2D eigenvalue weighted by molar-refractivity contribution is -0.163. The lowest BCUT2D eigenvalue weighted by Gasteiger charge is -2.40. The SMILES string of the molecule is C=CCCC(=O)N[C@@H](COC)[C@@H](OC(=O)[C@@H]1[C@H]2C(=O)N(CCCCCCO)[C@H](C(=O)N(CC=C)C3CCCCC3)[C@]23CC[C@H]1O3)c1ccccc1. The Bertz CT molecular complexity index is 1370. The van der Waals surface area contributed by atoms with Crippen LogP contribution in [-0.4, -0.2) is 102 Å². The molecule has 0 aromatic heterocycles. The van der Waals surface area contributed by atoms with Crippen molar-refractivity contribution in [2.75, 3.05) is 33.4 Å². The maximum absolute atomic E-state index is 14.8. The Hall–Kier alpha value is -3.54. The standard InChI is InChI=1S/C40H57N3O8/c1-4-6-21-32(45)41-30(27-49-3)35(28-17-11-9-12-18-28)50-39(48)33-31-22-23-40(51-31)34(33)37(46)43(25-15-7-8-16-26-44)36(40)38(47)42(24-5-2)29-19-13-10-14-20-29/h4-5,9,11-12,17-18,29-31,33-36,44H,1-2,6-8,10,13-16,19-27H2,3H3,(H,41,45)/t30-,31+,33-,34-,35-,36+,40-/m0/s1. The van der Waals surface area contributed by atoms with Crippen molar-refractivity contribution in [2.45, 2.75) is 119 Å². The molecule has 3 amide bonds. The Kier molecular flexibility index (Phi) is 13.9. The topological polar surface area (TPSA) is 135 Å². The number of likely N-dealkylation sites (tertiary alicyclic amines) is 1. The van der Waals surface area contributed by atoms with Crippen LogP contribution in [0.5, 0.6) is 0 Å². The Morgan fingerprint density at radius 2 is 1.82 bits per heavy atom. The number of carbonyl (C=O) groups excluding carboxylic acids is 4. The summed E-state index contributed by atoms with van der Waals surface area (Å²) in [6, 6.07) is 7.72. The van der Waals surface area contributed by atoms with Gasteiger partial charge < -0.3 is 34.4 Å². The van der Waals surface area contributed by atoms with Gasteiger partial charge in [-0.05, 0) is 50.5 Å². The lowest BCUT2D eigenvalue weighted by Crippen LogP contribution is -2.58. The Balaban J connectivity index is 1.45. The molecular formula is C40H57N3O8. The van der Waals surface area contributed by atoms with Crippen LogP contribution in [0.15, 0.2) is 55.6 Å². The maximum Gasteiger partial charge on any atom is 0.313 e. The third-order valence-corrected chi connectivity index (χ3v) is 11.2. The van der Waals surface area contributed by atoms with Gasteiger partial charge in [0, 0.05) is 39.3 Å². The number of hydrogen-bond donors (Lipinski definition) is 2. The smallest absolute Gasteiger partial charge is 0.313 e. The maximum atomic E-state index is 14.8. The number of amides is 3. The van der Waals surface area contributed by atoms with Gasteiger partial charge in [0.05, 0.1) is 30.6 Å². The Morgan fingerprint density at radius 3 is 2.51 bits per heavy atom. The molecule has 4 aliphatic rings. The van der Waals surface area contributed by atoms with Gasteiger partial charge in [-0.2, -0.15) is 0 Å². The van der Waals surface area contributed by atoms with Crippen LogP contribution >= 0.6 is 0 Å². The monoisotopic (exact) mass is 707 g/mol. The molecule has 1 spiro atoms. The molecule has 3 aliphatic heterocycles. The summed E-state index contributed by atoms with van der Waals surface area (Å²) in [5, 5.41) is 12.3. The van der Waals surface area contributed by atoms with Gasteiger partial charge in [-0.3, -0.25) is 19.2 Å². The largest absolute Gasteiger partial charge is 0.455 e. The van der Waals surface area contributed by atoms with E-state index < -0.39 is 47.7 Å². The Labute approximate surface area is 302 Å². The summed E-state index contributed by atoms with van der Waals surface area (Å²) >= 11 is 0. The normalized spacial score (nSPS) is 26.7. The summed E-state index contributed by atoms with van der Waals surface area (Å²) in [4.78, 5) is 60.4. The number of nitrogens with one attached hydrogen (secondary N) is 1. The molecule has 0 radical (unpaired) electrons. The van der Waals surface area contributed by atoms with Crippen LogP contribution < -0.4 is 5.32 Å². The summed E-state index contributed by atoms with van der Waals surface area (Å²) in [5.74, 6) is -2.96. The number of hydrogen-bond acceptors (Lipinski definition) is 8. The molecule has 2 N–H and O–H groups in total. The van der Waals surface area contributed by atoms with E-state index in [1.54, 1.807) is 17.1 Å². The van der Waals surface area contributed by atoms with Gasteiger partial charge in [0.15, 0.2) is 0 Å². The van der Waals surface area contributed by atoms with Gasteiger partial charge in [0.25, 0.3) is 0 Å². The van der Waals surface area contributed by atoms with E-state index in [1.165, 1.54) is 7.11 Å². The van der Waals surface area contributed by atoms with Crippen LogP contribution in [-0.2, 0) is 33.4 Å². The lowest BCUT2D eigenvalue weighted by atomic mass is 9.70. The third-order valence-electron chi connectivity index (χ3n) is 11.2. The van der Waals surface area contributed by atoms with Gasteiger partial charge in [-0.15, -0.1) is 13.2 Å². The molecular weight excluding hydrogens is 650 g/mol. The molecule has 51 heavy (non-hydrogen) atoms. The number of nitrogens with zero attached hydrogens (tertiary/aromatic N) is 2. The van der Waals surface area contributed by atoms with Gasteiger partial charge in [-0.1, -0.05) is 74.6 Å². The van der Waals surface area contributed by atoms with Gasteiger partial charge >= 0.3 is 5.97 Å². The van der Waals surface area contributed by atoms with Crippen LogP contribution in [0.25, 0.3) is 0 Å². The molecule has 2 bridgehead atoms. The second kappa shape index (κ2) is 18.3. The summed E-state index contributed by atoms with van der Waals surface area (Å²) in [6.07, 6.45) is 11.7. The molecule has 11 nitrogen and oxygen atoms in total. The minimum absolute atomic E-state index is 0.0617. The van der Waals surface area contributed by atoms with Crippen molar-refractivity contribution in [1.82, 2.24) is 15.1 Å². The number of allylic oxidation sites excluding steroid dienone is 1. The number of esters is 1. The first-order valence-corrected chi connectivity index (χ1v) is 19.0. The average Bonchev–Trinajstić information content (AvgIpc) is 3.79. The number of rotatable bonds is 20. The van der Waals surface area contributed by atoms with Gasteiger partial charge in [0.2, 0.25) is 17.7 Å². The third kappa shape index (κ3) is 8.42. The van der Waals surface area contributed by atoms with Crippen molar-refractivity contribution in [1.29, 1.82) is 0 Å². The first-order chi connectivity index (χ1) is 24.8. The minimum atomic E-state index is -1.14. The zero-order valence-electron chi connectivity index (χ0n) is 30.2. The number of methoxy groups -OCH3 is 1. The highest BCUT2D eigenvalue weighted by Gasteiger charge is 2.75. The molecule has 0 unspecified atom stereocenters. The fourth-order valence-corrected chi connectivity index (χ4v) is 8.92. The first kappa shape index (κ1) is 38.7. The van der Waals surface area contributed by atoms with Crippen molar-refractivity contribution < 1.29 is 38.5 Å². The quantitative estimate of drug-likeness (QED) is 0.114. The predicted molar refractivity (Wildman–Crippen MR) is 192 cm³/mol. The van der Waals surface area contributed by atoms with Crippen LogP contribution in [0.4, 0.5) is 0 Å². The molecule has 1 saturated carbocycles. The van der Waals surface area contributed by atoms with E-state index >= 15 is 0 Å². The number of fused-ring (bicyclic) bond motifs is 1. The molecule has 7 atom stereocenters. The van der Waals surface area contributed by atoms with E-state index in [0.717, 1.165) is 44.9 Å². The molecule has 1 aromatic carbocycles. The first-order valence-electron chi connectivity index (χ1n) is 19.0. The highest BCUT2D eigenvalue weighted by molar-refractivity contribution is 5.98. The molecule has 1 aromatic rings. The zero-order chi connectivity index (χ0) is 36.4. The number of benzene rings is 1. The number of aliphatic hydroxyl groups excluding tert-OH is 1. The van der Waals surface area contributed by atoms with E-state index in [1.807, 2.05) is 35.2 Å².